The van der Waals surface area contributed by atoms with Crippen molar-refractivity contribution in [2.45, 2.75) is 13.0 Å². The Morgan fingerprint density at radius 1 is 1.47 bits per heavy atom. The maximum atomic E-state index is 12.0. The monoisotopic (exact) mass is 295 g/mol. The number of carbonyl (C=O) groups excluding carboxylic acids is 1. The number of carbonyl (C=O) groups is 1. The number of nitrogens with zero attached hydrogens (tertiary/aromatic N) is 1. The van der Waals surface area contributed by atoms with Crippen LogP contribution in [0.15, 0.2) is 16.6 Å². The molecule has 2 aliphatic rings. The summed E-state index contributed by atoms with van der Waals surface area (Å²) < 4.78 is 1.00. The Labute approximate surface area is 108 Å². The maximum Gasteiger partial charge on any atom is 0.248 e. The van der Waals surface area contributed by atoms with E-state index in [1.165, 1.54) is 11.3 Å². The molecule has 0 saturated carbocycles. The van der Waals surface area contributed by atoms with E-state index in [0.29, 0.717) is 0 Å². The van der Waals surface area contributed by atoms with Gasteiger partial charge in [-0.15, -0.1) is 0 Å². The van der Waals surface area contributed by atoms with Gasteiger partial charge < -0.3 is 15.5 Å². The van der Waals surface area contributed by atoms with Crippen LogP contribution in [0.1, 0.15) is 5.56 Å². The maximum absolute atomic E-state index is 12.0. The second-order valence-electron chi connectivity index (χ2n) is 4.52. The molecule has 90 valence electrons. The highest BCUT2D eigenvalue weighted by Crippen LogP contribution is 2.37. The minimum atomic E-state index is -0.0730. The van der Waals surface area contributed by atoms with E-state index in [1.54, 1.807) is 0 Å². The van der Waals surface area contributed by atoms with E-state index < -0.39 is 0 Å². The van der Waals surface area contributed by atoms with Crippen LogP contribution >= 0.6 is 15.9 Å². The Bertz CT molecular complexity index is 489. The van der Waals surface area contributed by atoms with Gasteiger partial charge in [0.15, 0.2) is 0 Å². The molecule has 1 aromatic carbocycles. The highest BCUT2D eigenvalue weighted by Gasteiger charge is 2.35. The largest absolute Gasteiger partial charge is 0.355 e. The van der Waals surface area contributed by atoms with Crippen LogP contribution < -0.4 is 15.5 Å². The average Bonchev–Trinajstić information content (AvgIpc) is 2.28. The van der Waals surface area contributed by atoms with Gasteiger partial charge in [-0.3, -0.25) is 4.79 Å². The van der Waals surface area contributed by atoms with Crippen molar-refractivity contribution in [1.29, 1.82) is 0 Å². The zero-order chi connectivity index (χ0) is 12.0. The van der Waals surface area contributed by atoms with Gasteiger partial charge in [0.25, 0.3) is 0 Å². The highest BCUT2D eigenvalue weighted by molar-refractivity contribution is 9.10. The number of piperazine rings is 1. The van der Waals surface area contributed by atoms with Gasteiger partial charge in [0, 0.05) is 24.1 Å². The first-order valence-electron chi connectivity index (χ1n) is 5.75. The molecule has 1 fully saturated rings. The molecule has 1 unspecified atom stereocenters. The van der Waals surface area contributed by atoms with Crippen LogP contribution in [0.2, 0.25) is 0 Å². The van der Waals surface area contributed by atoms with Crippen LogP contribution in [0.4, 0.5) is 11.4 Å². The molecular weight excluding hydrogens is 282 g/mol. The van der Waals surface area contributed by atoms with Crippen LogP contribution in [0.3, 0.4) is 0 Å². The summed E-state index contributed by atoms with van der Waals surface area (Å²) in [4.78, 5) is 14.2. The van der Waals surface area contributed by atoms with E-state index in [1.807, 2.05) is 6.07 Å². The van der Waals surface area contributed by atoms with Gasteiger partial charge in [0.2, 0.25) is 5.91 Å². The standard InChI is InChI=1S/C12H14BrN3O/c1-7-4-8(13)5-9-11(7)16-3-2-14-6-10(16)12(17)15-9/h4-5,10,14H,2-3,6H2,1H3,(H,15,17). The molecule has 0 bridgehead atoms. The minimum absolute atomic E-state index is 0.0730. The third-order valence-electron chi connectivity index (χ3n) is 3.36. The molecule has 2 heterocycles. The number of aryl methyl sites for hydroxylation is 1. The molecule has 1 atom stereocenters. The normalized spacial score (nSPS) is 22.8. The molecule has 0 spiro atoms. The van der Waals surface area contributed by atoms with E-state index in [2.05, 4.69) is 44.5 Å². The predicted molar refractivity (Wildman–Crippen MR) is 71.5 cm³/mol. The highest BCUT2D eigenvalue weighted by atomic mass is 79.9. The molecular formula is C12H14BrN3O. The molecule has 4 nitrogen and oxygen atoms in total. The lowest BCUT2D eigenvalue weighted by Gasteiger charge is -2.42. The number of hydrogen-bond acceptors (Lipinski definition) is 3. The van der Waals surface area contributed by atoms with Crippen molar-refractivity contribution in [3.63, 3.8) is 0 Å². The van der Waals surface area contributed by atoms with Crippen molar-refractivity contribution in [3.8, 4) is 0 Å². The summed E-state index contributed by atoms with van der Waals surface area (Å²) in [7, 11) is 0. The fourth-order valence-electron chi connectivity index (χ4n) is 2.63. The molecule has 1 amide bonds. The Hall–Kier alpha value is -1.07. The molecule has 1 aromatic rings. The van der Waals surface area contributed by atoms with E-state index in [4.69, 9.17) is 0 Å². The number of rotatable bonds is 0. The number of amides is 1. The smallest absolute Gasteiger partial charge is 0.248 e. The van der Waals surface area contributed by atoms with Crippen molar-refractivity contribution >= 4 is 33.2 Å². The van der Waals surface area contributed by atoms with E-state index >= 15 is 0 Å². The summed E-state index contributed by atoms with van der Waals surface area (Å²) >= 11 is 3.47. The first-order chi connectivity index (χ1) is 8.16. The SMILES string of the molecule is Cc1cc(Br)cc2c1N1CCNCC1C(=O)N2. The zero-order valence-electron chi connectivity index (χ0n) is 9.59. The fourth-order valence-corrected chi connectivity index (χ4v) is 3.21. The molecule has 5 heteroatoms. The van der Waals surface area contributed by atoms with Gasteiger partial charge in [-0.2, -0.15) is 0 Å². The van der Waals surface area contributed by atoms with Gasteiger partial charge in [-0.05, 0) is 24.6 Å². The Morgan fingerprint density at radius 3 is 3.12 bits per heavy atom. The summed E-state index contributed by atoms with van der Waals surface area (Å²) in [5.74, 6) is 0.0854. The van der Waals surface area contributed by atoms with E-state index in [9.17, 15) is 4.79 Å². The average molecular weight is 296 g/mol. The second-order valence-corrected chi connectivity index (χ2v) is 5.44. The van der Waals surface area contributed by atoms with Crippen LogP contribution in [-0.4, -0.2) is 31.6 Å². The molecule has 3 rings (SSSR count). The summed E-state index contributed by atoms with van der Waals surface area (Å²) in [6, 6.07) is 3.99. The fraction of sp³-hybridized carbons (Fsp3) is 0.417. The zero-order valence-corrected chi connectivity index (χ0v) is 11.2. The summed E-state index contributed by atoms with van der Waals surface area (Å²) in [6.45, 7) is 4.62. The van der Waals surface area contributed by atoms with Gasteiger partial charge in [0.05, 0.1) is 11.4 Å². The van der Waals surface area contributed by atoms with Crippen LogP contribution in [0.5, 0.6) is 0 Å². The van der Waals surface area contributed by atoms with E-state index in [0.717, 1.165) is 29.8 Å². The lowest BCUT2D eigenvalue weighted by molar-refractivity contribution is -0.117. The van der Waals surface area contributed by atoms with Gasteiger partial charge >= 0.3 is 0 Å². The van der Waals surface area contributed by atoms with Crippen molar-refractivity contribution in [2.75, 3.05) is 29.9 Å². The van der Waals surface area contributed by atoms with Crippen LogP contribution in [-0.2, 0) is 4.79 Å². The van der Waals surface area contributed by atoms with Crippen LogP contribution in [0, 0.1) is 6.92 Å². The molecule has 0 aliphatic carbocycles. The summed E-state index contributed by atoms with van der Waals surface area (Å²) in [5, 5.41) is 6.25. The predicted octanol–water partition coefficient (Wildman–Crippen LogP) is 1.49. The number of halogens is 1. The lowest BCUT2D eigenvalue weighted by Crippen LogP contribution is -2.59. The van der Waals surface area contributed by atoms with Crippen molar-refractivity contribution < 1.29 is 4.79 Å². The van der Waals surface area contributed by atoms with Crippen molar-refractivity contribution in [3.05, 3.63) is 22.2 Å². The Balaban J connectivity index is 2.13. The first kappa shape index (κ1) is 11.0. The lowest BCUT2D eigenvalue weighted by atomic mass is 10.0. The molecule has 17 heavy (non-hydrogen) atoms. The molecule has 2 aliphatic heterocycles. The van der Waals surface area contributed by atoms with Gasteiger partial charge in [-0.25, -0.2) is 0 Å². The van der Waals surface area contributed by atoms with Gasteiger partial charge in [-0.1, -0.05) is 15.9 Å². The topological polar surface area (TPSA) is 44.4 Å². The quantitative estimate of drug-likeness (QED) is 0.762. The first-order valence-corrected chi connectivity index (χ1v) is 6.54. The van der Waals surface area contributed by atoms with Crippen LogP contribution in [0.25, 0.3) is 0 Å². The number of nitrogens with one attached hydrogen (secondary N) is 2. The third-order valence-corrected chi connectivity index (χ3v) is 3.81. The third kappa shape index (κ3) is 1.73. The number of anilines is 2. The summed E-state index contributed by atoms with van der Waals surface area (Å²) in [5.41, 5.74) is 3.28. The Morgan fingerprint density at radius 2 is 2.29 bits per heavy atom. The Kier molecular flexibility index (Phi) is 2.60. The number of benzene rings is 1. The number of fused-ring (bicyclic) bond motifs is 3. The van der Waals surface area contributed by atoms with Crippen molar-refractivity contribution in [2.24, 2.45) is 0 Å². The molecule has 2 N–H and O–H groups in total. The molecule has 0 radical (unpaired) electrons. The second kappa shape index (κ2) is 3.99. The van der Waals surface area contributed by atoms with E-state index in [-0.39, 0.29) is 11.9 Å². The molecule has 1 saturated heterocycles. The number of hydrogen-bond donors (Lipinski definition) is 2. The van der Waals surface area contributed by atoms with Crippen molar-refractivity contribution in [1.82, 2.24) is 5.32 Å². The minimum Gasteiger partial charge on any atom is -0.355 e. The molecule has 0 aromatic heterocycles. The summed E-state index contributed by atoms with van der Waals surface area (Å²) in [6.07, 6.45) is 0. The van der Waals surface area contributed by atoms with Gasteiger partial charge in [0.1, 0.15) is 6.04 Å².